The number of phenols is 1. The molecule has 0 atom stereocenters. The lowest BCUT2D eigenvalue weighted by Gasteiger charge is -2.26. The van der Waals surface area contributed by atoms with Crippen molar-refractivity contribution < 1.29 is 19.8 Å². The van der Waals surface area contributed by atoms with E-state index >= 15 is 0 Å². The van der Waals surface area contributed by atoms with Gasteiger partial charge in [0.25, 0.3) is 0 Å². The summed E-state index contributed by atoms with van der Waals surface area (Å²) in [5.41, 5.74) is 2.86. The molecule has 2 aromatic rings. The molecule has 0 unspecified atom stereocenters. The summed E-state index contributed by atoms with van der Waals surface area (Å²) in [6.45, 7) is 5.39. The van der Waals surface area contributed by atoms with E-state index in [2.05, 4.69) is 6.58 Å². The molecule has 1 fully saturated rings. The predicted molar refractivity (Wildman–Crippen MR) is 133 cm³/mol. The molecule has 170 valence electrons. The van der Waals surface area contributed by atoms with Crippen LogP contribution < -0.4 is 4.84 Å². The number of phenolic OH excluding ortho intramolecular Hbond substituents is 1. The molecule has 2 aromatic carbocycles. The van der Waals surface area contributed by atoms with Crippen molar-refractivity contribution in [2.24, 2.45) is 0 Å². The van der Waals surface area contributed by atoms with E-state index in [0.29, 0.717) is 16.9 Å². The molecule has 0 radical (unpaired) electrons. The number of piperidine rings is 1. The van der Waals surface area contributed by atoms with Crippen LogP contribution in [-0.4, -0.2) is 39.9 Å². The first kappa shape index (κ1) is 23.0. The number of aromatic hydroxyl groups is 1. The number of hydrogen-bond acceptors (Lipinski definition) is 6. The minimum absolute atomic E-state index is 0.0385. The van der Waals surface area contributed by atoms with Crippen LogP contribution in [0.2, 0.25) is 0 Å². The highest BCUT2D eigenvalue weighted by Gasteiger charge is 2.28. The molecule has 33 heavy (non-hydrogen) atoms. The van der Waals surface area contributed by atoms with Crippen LogP contribution in [0.25, 0.3) is 4.91 Å². The number of rotatable bonds is 7. The van der Waals surface area contributed by atoms with Gasteiger partial charge < -0.3 is 15.1 Å². The molecule has 6 heteroatoms. The number of hydrogen-bond donors (Lipinski definition) is 2. The third kappa shape index (κ3) is 5.59. The summed E-state index contributed by atoms with van der Waals surface area (Å²) < 4.78 is 0. The molecule has 5 nitrogen and oxygen atoms in total. The Bertz CT molecular complexity index is 1110. The molecule has 0 amide bonds. The number of thioether (sulfide) groups is 1. The summed E-state index contributed by atoms with van der Waals surface area (Å²) in [6.07, 6.45) is 8.16. The molecule has 0 saturated carbocycles. The van der Waals surface area contributed by atoms with Gasteiger partial charge >= 0.3 is 0 Å². The van der Waals surface area contributed by atoms with Gasteiger partial charge in [0.1, 0.15) is 17.3 Å². The normalized spacial score (nSPS) is 18.5. The Hall–Kier alpha value is -3.22. The van der Waals surface area contributed by atoms with Gasteiger partial charge in [-0.25, -0.2) is 0 Å². The molecule has 4 rings (SSSR count). The topological polar surface area (TPSA) is 70.0 Å². The van der Waals surface area contributed by atoms with Crippen molar-refractivity contribution in [1.29, 1.82) is 0 Å². The SMILES string of the molecule is C=C/C(O)=C\C=C1/CSC(c2ccc(O)cc2)=C1C(=O)c1ccc(ON2CCCCC2)cc1. The number of carbonyl (C=O) groups excluding carboxylic acids is 1. The lowest BCUT2D eigenvalue weighted by atomic mass is 9.95. The van der Waals surface area contributed by atoms with Crippen molar-refractivity contribution in [1.82, 2.24) is 5.06 Å². The van der Waals surface area contributed by atoms with E-state index in [-0.39, 0.29) is 17.3 Å². The van der Waals surface area contributed by atoms with E-state index < -0.39 is 0 Å². The van der Waals surface area contributed by atoms with Gasteiger partial charge in [0.2, 0.25) is 0 Å². The summed E-state index contributed by atoms with van der Waals surface area (Å²) in [6, 6.07) is 14.1. The van der Waals surface area contributed by atoms with Crippen molar-refractivity contribution in [3.05, 3.63) is 101 Å². The molecule has 1 saturated heterocycles. The number of nitrogens with zero attached hydrogens (tertiary/aromatic N) is 1. The van der Waals surface area contributed by atoms with Crippen LogP contribution in [-0.2, 0) is 0 Å². The number of hydroxylamine groups is 2. The molecular formula is C27H27NO4S. The van der Waals surface area contributed by atoms with Gasteiger partial charge in [0.05, 0.1) is 0 Å². The van der Waals surface area contributed by atoms with Gasteiger partial charge in [-0.15, -0.1) is 16.8 Å². The van der Waals surface area contributed by atoms with E-state index in [9.17, 15) is 15.0 Å². The zero-order valence-electron chi connectivity index (χ0n) is 18.4. The molecule has 2 aliphatic rings. The number of benzene rings is 2. The number of aliphatic hydroxyl groups is 1. The maximum Gasteiger partial charge on any atom is 0.194 e. The van der Waals surface area contributed by atoms with E-state index in [1.807, 2.05) is 17.2 Å². The lowest BCUT2D eigenvalue weighted by Crippen LogP contribution is -2.32. The standard InChI is InChI=1S/C27H27NO4S/c1-2-22(29)11-8-21-18-33-27(20-6-12-23(30)13-7-20)25(21)26(31)19-9-14-24(15-10-19)32-28-16-4-3-5-17-28/h2,6-15,29-30H,1,3-5,16-18H2/b21-8+,22-11+. The second-order valence-electron chi connectivity index (χ2n) is 7.96. The number of aliphatic hydroxyl groups excluding tert-OH is 1. The van der Waals surface area contributed by atoms with Crippen molar-refractivity contribution in [3.63, 3.8) is 0 Å². The van der Waals surface area contributed by atoms with Crippen LogP contribution >= 0.6 is 11.8 Å². The monoisotopic (exact) mass is 461 g/mol. The van der Waals surface area contributed by atoms with E-state index in [4.69, 9.17) is 4.84 Å². The molecular weight excluding hydrogens is 434 g/mol. The zero-order valence-corrected chi connectivity index (χ0v) is 19.2. The summed E-state index contributed by atoms with van der Waals surface area (Å²) in [7, 11) is 0. The average Bonchev–Trinajstić information content (AvgIpc) is 3.27. The maximum atomic E-state index is 13.6. The van der Waals surface area contributed by atoms with Gasteiger partial charge in [-0.1, -0.05) is 31.2 Å². The fourth-order valence-corrected chi connectivity index (χ4v) is 5.04. The fraction of sp³-hybridized carbons (Fsp3) is 0.222. The number of allylic oxidation sites excluding steroid dienone is 4. The third-order valence-electron chi connectivity index (χ3n) is 5.61. The summed E-state index contributed by atoms with van der Waals surface area (Å²) in [5.74, 6) is 1.45. The Balaban J connectivity index is 1.64. The molecule has 0 aliphatic carbocycles. The van der Waals surface area contributed by atoms with Crippen molar-refractivity contribution in [2.75, 3.05) is 18.8 Å². The molecule has 2 N–H and O–H groups in total. The quantitative estimate of drug-likeness (QED) is 0.296. The highest BCUT2D eigenvalue weighted by molar-refractivity contribution is 8.09. The van der Waals surface area contributed by atoms with Gasteiger partial charge in [-0.2, -0.15) is 0 Å². The summed E-state index contributed by atoms with van der Waals surface area (Å²) in [5, 5.41) is 21.4. The third-order valence-corrected chi connectivity index (χ3v) is 6.79. The van der Waals surface area contributed by atoms with Gasteiger partial charge in [-0.05, 0) is 72.5 Å². The second-order valence-corrected chi connectivity index (χ2v) is 8.95. The van der Waals surface area contributed by atoms with Crippen LogP contribution in [0.5, 0.6) is 11.5 Å². The Kier molecular flexibility index (Phi) is 7.37. The zero-order chi connectivity index (χ0) is 23.2. The molecule has 2 aliphatic heterocycles. The van der Waals surface area contributed by atoms with E-state index in [1.165, 1.54) is 12.5 Å². The second kappa shape index (κ2) is 10.6. The van der Waals surface area contributed by atoms with Crippen LogP contribution in [0.15, 0.2) is 90.2 Å². The van der Waals surface area contributed by atoms with Crippen LogP contribution in [0.3, 0.4) is 0 Å². The lowest BCUT2D eigenvalue weighted by molar-refractivity contribution is -0.0720. The summed E-state index contributed by atoms with van der Waals surface area (Å²) in [4.78, 5) is 20.4. The highest BCUT2D eigenvalue weighted by atomic mass is 32.2. The predicted octanol–water partition coefficient (Wildman–Crippen LogP) is 6.07. The van der Waals surface area contributed by atoms with Gasteiger partial charge in [0, 0.05) is 34.9 Å². The largest absolute Gasteiger partial charge is 0.508 e. The van der Waals surface area contributed by atoms with Crippen molar-refractivity contribution in [2.45, 2.75) is 19.3 Å². The number of carbonyl (C=O) groups is 1. The molecule has 2 heterocycles. The van der Waals surface area contributed by atoms with Crippen molar-refractivity contribution >= 4 is 22.5 Å². The minimum atomic E-state index is -0.0923. The molecule has 0 spiro atoms. The van der Waals surface area contributed by atoms with Gasteiger partial charge in [-0.3, -0.25) is 4.79 Å². The van der Waals surface area contributed by atoms with E-state index in [1.54, 1.807) is 60.3 Å². The highest BCUT2D eigenvalue weighted by Crippen LogP contribution is 2.44. The van der Waals surface area contributed by atoms with Gasteiger partial charge in [0.15, 0.2) is 5.78 Å². The van der Waals surface area contributed by atoms with Crippen LogP contribution in [0.1, 0.15) is 35.2 Å². The first-order valence-corrected chi connectivity index (χ1v) is 12.0. The average molecular weight is 462 g/mol. The fourth-order valence-electron chi connectivity index (χ4n) is 3.83. The first-order chi connectivity index (χ1) is 16.0. The Morgan fingerprint density at radius 2 is 1.73 bits per heavy atom. The maximum absolute atomic E-state index is 13.6. The Labute approximate surface area is 198 Å². The summed E-state index contributed by atoms with van der Waals surface area (Å²) >= 11 is 1.57. The smallest absolute Gasteiger partial charge is 0.194 e. The Morgan fingerprint density at radius 1 is 1.03 bits per heavy atom. The van der Waals surface area contributed by atoms with Crippen molar-refractivity contribution in [3.8, 4) is 11.5 Å². The molecule has 0 aromatic heterocycles. The molecule has 0 bridgehead atoms. The van der Waals surface area contributed by atoms with Crippen LogP contribution in [0, 0.1) is 0 Å². The minimum Gasteiger partial charge on any atom is -0.508 e. The van der Waals surface area contributed by atoms with E-state index in [0.717, 1.165) is 47.7 Å². The number of ketones is 1. The first-order valence-electron chi connectivity index (χ1n) is 11.0. The van der Waals surface area contributed by atoms with Crippen LogP contribution in [0.4, 0.5) is 0 Å². The Morgan fingerprint density at radius 3 is 2.39 bits per heavy atom. The number of Topliss-reactive ketones (excluding diaryl/α,β-unsaturated/α-hetero) is 1.